The van der Waals surface area contributed by atoms with Crippen LogP contribution in [0.15, 0.2) is 89.4 Å². The maximum Gasteiger partial charge on any atom is 0.420 e. The second kappa shape index (κ2) is 9.14. The molecule has 0 radical (unpaired) electrons. The minimum absolute atomic E-state index is 0.128. The maximum absolute atomic E-state index is 13.0. The average molecular weight is 548 g/mol. The van der Waals surface area contributed by atoms with E-state index < -0.39 is 29.4 Å². The van der Waals surface area contributed by atoms with Gasteiger partial charge in [0, 0.05) is 23.5 Å². The van der Waals surface area contributed by atoms with Gasteiger partial charge < -0.3 is 14.2 Å². The molecule has 6 nitrogen and oxygen atoms in total. The van der Waals surface area contributed by atoms with Gasteiger partial charge in [-0.05, 0) is 35.6 Å². The van der Waals surface area contributed by atoms with Crippen molar-refractivity contribution in [1.82, 2.24) is 4.90 Å². The van der Waals surface area contributed by atoms with Crippen LogP contribution in [0.4, 0.5) is 0 Å². The van der Waals surface area contributed by atoms with Crippen LogP contribution in [0.5, 0.6) is 0 Å². The van der Waals surface area contributed by atoms with Gasteiger partial charge in [0.1, 0.15) is 0 Å². The summed E-state index contributed by atoms with van der Waals surface area (Å²) in [4.78, 5) is 28.0. The zero-order chi connectivity index (χ0) is 24.8. The molecule has 184 valence electrons. The van der Waals surface area contributed by atoms with Crippen molar-refractivity contribution in [2.75, 3.05) is 13.1 Å². The summed E-state index contributed by atoms with van der Waals surface area (Å²) in [6.07, 6.45) is 1.55. The molecule has 0 N–H and O–H groups in total. The van der Waals surface area contributed by atoms with Gasteiger partial charge in [-0.3, -0.25) is 4.90 Å². The van der Waals surface area contributed by atoms with E-state index in [4.69, 9.17) is 14.2 Å². The molecule has 2 bridgehead atoms. The van der Waals surface area contributed by atoms with E-state index in [1.54, 1.807) is 0 Å². The Hall–Kier alpha value is -3.00. The Kier molecular flexibility index (Phi) is 5.94. The number of piperidine rings is 3. The van der Waals surface area contributed by atoms with E-state index in [1.807, 2.05) is 84.9 Å². The third kappa shape index (κ3) is 3.52. The summed E-state index contributed by atoms with van der Waals surface area (Å²) in [7, 11) is 0. The first-order valence-corrected chi connectivity index (χ1v) is 13.0. The van der Waals surface area contributed by atoms with Gasteiger partial charge in [0.05, 0.1) is 12.5 Å². The predicted molar refractivity (Wildman–Crippen MR) is 136 cm³/mol. The smallest absolute Gasteiger partial charge is 0.420 e. The van der Waals surface area contributed by atoms with Crippen molar-refractivity contribution in [3.63, 3.8) is 0 Å². The molecule has 2 unspecified atom stereocenters. The van der Waals surface area contributed by atoms with Gasteiger partial charge in [0.2, 0.25) is 5.72 Å². The van der Waals surface area contributed by atoms with Crippen molar-refractivity contribution < 1.29 is 23.8 Å². The minimum atomic E-state index is -1.47. The highest BCUT2D eigenvalue weighted by Crippen LogP contribution is 2.59. The molecule has 7 heteroatoms. The largest absolute Gasteiger partial charge is 0.427 e. The summed E-state index contributed by atoms with van der Waals surface area (Å²) in [5.74, 6) is -4.04. The number of carbonyl (C=O) groups excluding carboxylic acids is 2. The van der Waals surface area contributed by atoms with E-state index in [9.17, 15) is 9.59 Å². The Morgan fingerprint density at radius 2 is 1.39 bits per heavy atom. The van der Waals surface area contributed by atoms with Crippen LogP contribution in [0.1, 0.15) is 35.4 Å². The van der Waals surface area contributed by atoms with E-state index in [-0.39, 0.29) is 12.5 Å². The molecule has 4 fully saturated rings. The summed E-state index contributed by atoms with van der Waals surface area (Å²) in [6.45, 7) is 1.62. The zero-order valence-electron chi connectivity index (χ0n) is 19.6. The Bertz CT molecular complexity index is 1240. The third-order valence-corrected chi connectivity index (χ3v) is 8.49. The molecule has 4 saturated heterocycles. The first-order chi connectivity index (χ1) is 17.5. The van der Waals surface area contributed by atoms with Gasteiger partial charge in [-0.1, -0.05) is 94.8 Å². The fourth-order valence-electron chi connectivity index (χ4n) is 6.19. The molecule has 0 spiro atoms. The van der Waals surface area contributed by atoms with Gasteiger partial charge >= 0.3 is 11.9 Å². The lowest BCUT2D eigenvalue weighted by Crippen LogP contribution is -2.82. The van der Waals surface area contributed by atoms with Crippen LogP contribution < -0.4 is 0 Å². The summed E-state index contributed by atoms with van der Waals surface area (Å²) in [5.41, 5.74) is 1.47. The maximum atomic E-state index is 13.0. The van der Waals surface area contributed by atoms with Crippen molar-refractivity contribution in [3.8, 4) is 0 Å². The van der Waals surface area contributed by atoms with Gasteiger partial charge in [0.15, 0.2) is 0 Å². The quantitative estimate of drug-likeness (QED) is 0.319. The molecular weight excluding hydrogens is 522 g/mol. The van der Waals surface area contributed by atoms with E-state index in [2.05, 4.69) is 20.8 Å². The summed E-state index contributed by atoms with van der Waals surface area (Å²) < 4.78 is 20.0. The second-order valence-electron chi connectivity index (χ2n) is 9.54. The van der Waals surface area contributed by atoms with Crippen LogP contribution in [0.25, 0.3) is 0 Å². The van der Waals surface area contributed by atoms with Crippen LogP contribution in [0, 0.1) is 5.92 Å². The lowest BCUT2D eigenvalue weighted by molar-refractivity contribution is -0.417. The topological polar surface area (TPSA) is 65.1 Å². The van der Waals surface area contributed by atoms with Gasteiger partial charge in [-0.25, -0.2) is 9.59 Å². The molecule has 0 aliphatic carbocycles. The monoisotopic (exact) mass is 547 g/mol. The number of halogens is 1. The Morgan fingerprint density at radius 1 is 0.833 bits per heavy atom. The van der Waals surface area contributed by atoms with Crippen LogP contribution in [0.3, 0.4) is 0 Å². The van der Waals surface area contributed by atoms with E-state index in [0.717, 1.165) is 34.0 Å². The van der Waals surface area contributed by atoms with Crippen molar-refractivity contribution >= 4 is 27.9 Å². The molecule has 3 aromatic carbocycles. The van der Waals surface area contributed by atoms with Crippen molar-refractivity contribution in [2.24, 2.45) is 5.92 Å². The molecule has 0 saturated carbocycles. The van der Waals surface area contributed by atoms with Gasteiger partial charge in [-0.15, -0.1) is 0 Å². The van der Waals surface area contributed by atoms with Crippen LogP contribution in [-0.4, -0.2) is 41.4 Å². The number of esters is 2. The molecule has 2 atom stereocenters. The molecular formula is C29H26BrNO5. The number of hydrogen-bond donors (Lipinski definition) is 0. The predicted octanol–water partition coefficient (Wildman–Crippen LogP) is 5.02. The lowest BCUT2D eigenvalue weighted by Gasteiger charge is -2.65. The SMILES string of the molecule is O=C1OC2(OCc3ccccc3Br)C3CCN(CC3)C2(C(c2ccccc2)c2ccccc2)OC1=O. The van der Waals surface area contributed by atoms with Crippen LogP contribution in [-0.2, 0) is 30.4 Å². The number of benzene rings is 3. The highest BCUT2D eigenvalue weighted by atomic mass is 79.9. The zero-order valence-corrected chi connectivity index (χ0v) is 21.2. The van der Waals surface area contributed by atoms with Gasteiger partial charge in [0.25, 0.3) is 5.79 Å². The second-order valence-corrected chi connectivity index (χ2v) is 10.4. The number of carbonyl (C=O) groups is 2. The van der Waals surface area contributed by atoms with Crippen molar-refractivity contribution in [1.29, 1.82) is 0 Å². The highest BCUT2D eigenvalue weighted by Gasteiger charge is 2.76. The molecule has 3 aromatic rings. The Balaban J connectivity index is 1.57. The molecule has 4 heterocycles. The van der Waals surface area contributed by atoms with Crippen molar-refractivity contribution in [2.45, 2.75) is 36.9 Å². The van der Waals surface area contributed by atoms with Crippen LogP contribution in [0.2, 0.25) is 0 Å². The first-order valence-electron chi connectivity index (χ1n) is 12.2. The molecule has 36 heavy (non-hydrogen) atoms. The van der Waals surface area contributed by atoms with Crippen molar-refractivity contribution in [3.05, 3.63) is 106 Å². The van der Waals surface area contributed by atoms with E-state index in [1.165, 1.54) is 0 Å². The number of fused-ring (bicyclic) bond motifs is 2. The fraction of sp³-hybridized carbons (Fsp3) is 0.310. The molecule has 4 aliphatic rings. The summed E-state index contributed by atoms with van der Waals surface area (Å²) in [5, 5.41) is 0. The normalized spacial score (nSPS) is 28.9. The molecule has 4 aliphatic heterocycles. The first kappa shape index (κ1) is 23.4. The molecule has 7 rings (SSSR count). The number of nitrogens with zero attached hydrogens (tertiary/aromatic N) is 1. The molecule has 0 amide bonds. The number of rotatable bonds is 6. The average Bonchev–Trinajstić information content (AvgIpc) is 2.92. The Morgan fingerprint density at radius 3 is 2.00 bits per heavy atom. The standard InChI is InChI=1S/C29H26BrNO5/c30-24-14-8-7-13-22(24)19-34-29-23-15-17-31(18-16-23)28(29,35-26(32)27(33)36-29)25(20-9-3-1-4-10-20)21-11-5-2-6-12-21/h1-14,23,25H,15-19H2. The third-order valence-electron chi connectivity index (χ3n) is 7.72. The highest BCUT2D eigenvalue weighted by molar-refractivity contribution is 9.10. The minimum Gasteiger partial charge on any atom is -0.427 e. The fourth-order valence-corrected chi connectivity index (χ4v) is 6.59. The van der Waals surface area contributed by atoms with E-state index >= 15 is 0 Å². The number of ether oxygens (including phenoxy) is 3. The van der Waals surface area contributed by atoms with Crippen LogP contribution >= 0.6 is 15.9 Å². The molecule has 0 aromatic heterocycles. The summed E-state index contributed by atoms with van der Waals surface area (Å²) >= 11 is 3.60. The summed E-state index contributed by atoms with van der Waals surface area (Å²) in [6, 6.07) is 27.7. The lowest BCUT2D eigenvalue weighted by atomic mass is 9.66. The van der Waals surface area contributed by atoms with E-state index in [0.29, 0.717) is 13.1 Å². The number of hydrogen-bond acceptors (Lipinski definition) is 6. The van der Waals surface area contributed by atoms with Gasteiger partial charge in [-0.2, -0.15) is 0 Å². The Labute approximate surface area is 218 Å².